The number of nitrogens with one attached hydrogen (secondary N) is 1. The van der Waals surface area contributed by atoms with Gasteiger partial charge < -0.3 is 15.8 Å². The molecule has 0 radical (unpaired) electrons. The van der Waals surface area contributed by atoms with Crippen molar-refractivity contribution >= 4 is 23.2 Å². The Balaban J connectivity index is 2.85. The van der Waals surface area contributed by atoms with Gasteiger partial charge in [0.1, 0.15) is 5.75 Å². The molecule has 3 N–H and O–H groups in total. The second kappa shape index (κ2) is 6.07. The van der Waals surface area contributed by atoms with Crippen molar-refractivity contribution in [1.29, 1.82) is 0 Å². The molecule has 1 atom stereocenters. The standard InChI is InChI=1S/C13H19ClN2O2/c1-4-13(2,8-15)12(17)16-9-5-6-11(18-3)10(14)7-9/h5-7H,4,8,15H2,1-3H3,(H,16,17). The molecule has 5 heteroatoms. The maximum Gasteiger partial charge on any atom is 0.231 e. The molecule has 0 aliphatic rings. The Morgan fingerprint density at radius 3 is 2.67 bits per heavy atom. The number of benzene rings is 1. The molecule has 0 saturated heterocycles. The highest BCUT2D eigenvalue weighted by Gasteiger charge is 2.29. The second-order valence-electron chi connectivity index (χ2n) is 4.42. The summed E-state index contributed by atoms with van der Waals surface area (Å²) in [6.07, 6.45) is 0.680. The van der Waals surface area contributed by atoms with Gasteiger partial charge in [-0.05, 0) is 31.5 Å². The third-order valence-corrected chi connectivity index (χ3v) is 3.48. The van der Waals surface area contributed by atoms with E-state index in [0.29, 0.717) is 29.4 Å². The molecule has 0 aromatic heterocycles. The normalized spacial score (nSPS) is 13.8. The lowest BCUT2D eigenvalue weighted by molar-refractivity contribution is -0.124. The zero-order valence-corrected chi connectivity index (χ0v) is 11.7. The second-order valence-corrected chi connectivity index (χ2v) is 4.83. The Labute approximate surface area is 112 Å². The topological polar surface area (TPSA) is 64.4 Å². The smallest absolute Gasteiger partial charge is 0.231 e. The first-order valence-electron chi connectivity index (χ1n) is 5.82. The zero-order valence-electron chi connectivity index (χ0n) is 10.9. The number of anilines is 1. The Bertz CT molecular complexity index is 431. The van der Waals surface area contributed by atoms with E-state index in [2.05, 4.69) is 5.32 Å². The van der Waals surface area contributed by atoms with Crippen molar-refractivity contribution in [3.05, 3.63) is 23.2 Å². The molecule has 1 unspecified atom stereocenters. The first-order chi connectivity index (χ1) is 8.46. The fourth-order valence-electron chi connectivity index (χ4n) is 1.42. The van der Waals surface area contributed by atoms with Gasteiger partial charge in [0, 0.05) is 12.2 Å². The van der Waals surface area contributed by atoms with E-state index in [1.807, 2.05) is 13.8 Å². The quantitative estimate of drug-likeness (QED) is 0.865. The van der Waals surface area contributed by atoms with Crippen molar-refractivity contribution in [3.8, 4) is 5.75 Å². The van der Waals surface area contributed by atoms with Crippen LogP contribution >= 0.6 is 11.6 Å². The number of rotatable bonds is 5. The summed E-state index contributed by atoms with van der Waals surface area (Å²) in [5, 5.41) is 3.28. The van der Waals surface area contributed by atoms with E-state index in [1.165, 1.54) is 0 Å². The van der Waals surface area contributed by atoms with E-state index in [1.54, 1.807) is 25.3 Å². The summed E-state index contributed by atoms with van der Waals surface area (Å²) in [6.45, 7) is 4.08. The molecule has 0 spiro atoms. The Morgan fingerprint density at radius 2 is 2.22 bits per heavy atom. The summed E-state index contributed by atoms with van der Waals surface area (Å²) < 4.78 is 5.05. The van der Waals surface area contributed by atoms with Crippen LogP contribution in [0.3, 0.4) is 0 Å². The van der Waals surface area contributed by atoms with E-state index in [4.69, 9.17) is 22.1 Å². The largest absolute Gasteiger partial charge is 0.495 e. The van der Waals surface area contributed by atoms with Crippen molar-refractivity contribution < 1.29 is 9.53 Å². The van der Waals surface area contributed by atoms with Crippen LogP contribution < -0.4 is 15.8 Å². The maximum atomic E-state index is 12.1. The highest BCUT2D eigenvalue weighted by molar-refractivity contribution is 6.32. The third kappa shape index (κ3) is 3.15. The van der Waals surface area contributed by atoms with Crippen molar-refractivity contribution in [2.24, 2.45) is 11.1 Å². The molecule has 1 rings (SSSR count). The van der Waals surface area contributed by atoms with Gasteiger partial charge in [0.2, 0.25) is 5.91 Å². The summed E-state index contributed by atoms with van der Waals surface area (Å²) in [5.74, 6) is 0.473. The molecule has 0 bridgehead atoms. The number of hydrogen-bond donors (Lipinski definition) is 2. The lowest BCUT2D eigenvalue weighted by Gasteiger charge is -2.25. The number of amides is 1. The summed E-state index contributed by atoms with van der Waals surface area (Å²) in [7, 11) is 1.54. The highest BCUT2D eigenvalue weighted by Crippen LogP contribution is 2.28. The minimum Gasteiger partial charge on any atom is -0.495 e. The summed E-state index contributed by atoms with van der Waals surface area (Å²) >= 11 is 5.99. The average Bonchev–Trinajstić information content (AvgIpc) is 2.38. The molecule has 1 amide bonds. The van der Waals surface area contributed by atoms with Crippen LogP contribution in [0.25, 0.3) is 0 Å². The van der Waals surface area contributed by atoms with Gasteiger partial charge in [-0.15, -0.1) is 0 Å². The number of ether oxygens (including phenoxy) is 1. The number of hydrogen-bond acceptors (Lipinski definition) is 3. The van der Waals surface area contributed by atoms with Gasteiger partial charge in [0.15, 0.2) is 0 Å². The van der Waals surface area contributed by atoms with Crippen LogP contribution in [0.5, 0.6) is 5.75 Å². The molecular weight excluding hydrogens is 252 g/mol. The molecule has 0 aliphatic carbocycles. The van der Waals surface area contributed by atoms with E-state index in [9.17, 15) is 4.79 Å². The molecule has 0 aliphatic heterocycles. The van der Waals surface area contributed by atoms with Crippen LogP contribution in [0, 0.1) is 5.41 Å². The van der Waals surface area contributed by atoms with Gasteiger partial charge in [-0.25, -0.2) is 0 Å². The van der Waals surface area contributed by atoms with Crippen molar-refractivity contribution in [1.82, 2.24) is 0 Å². The first kappa shape index (κ1) is 14.8. The number of halogens is 1. The van der Waals surface area contributed by atoms with Gasteiger partial charge in [0.25, 0.3) is 0 Å². The van der Waals surface area contributed by atoms with E-state index in [0.717, 1.165) is 0 Å². The zero-order chi connectivity index (χ0) is 13.8. The van der Waals surface area contributed by atoms with Crippen LogP contribution in [0.1, 0.15) is 20.3 Å². The van der Waals surface area contributed by atoms with Crippen LogP contribution in [0.2, 0.25) is 5.02 Å². The number of carbonyl (C=O) groups is 1. The average molecular weight is 271 g/mol. The number of nitrogens with two attached hydrogens (primary N) is 1. The molecule has 4 nitrogen and oxygen atoms in total. The van der Waals surface area contributed by atoms with Crippen LogP contribution in [-0.4, -0.2) is 19.6 Å². The SMILES string of the molecule is CCC(C)(CN)C(=O)Nc1ccc(OC)c(Cl)c1. The molecule has 18 heavy (non-hydrogen) atoms. The maximum absolute atomic E-state index is 12.1. The molecule has 100 valence electrons. The van der Waals surface area contributed by atoms with Gasteiger partial charge in [-0.1, -0.05) is 18.5 Å². The Hall–Kier alpha value is -1.26. The summed E-state index contributed by atoms with van der Waals surface area (Å²) in [5.41, 5.74) is 5.72. The van der Waals surface area contributed by atoms with Crippen molar-refractivity contribution in [3.63, 3.8) is 0 Å². The van der Waals surface area contributed by atoms with E-state index >= 15 is 0 Å². The monoisotopic (exact) mass is 270 g/mol. The number of methoxy groups -OCH3 is 1. The van der Waals surface area contributed by atoms with E-state index in [-0.39, 0.29) is 5.91 Å². The van der Waals surface area contributed by atoms with Gasteiger partial charge in [0.05, 0.1) is 17.5 Å². The van der Waals surface area contributed by atoms with Crippen molar-refractivity contribution in [2.45, 2.75) is 20.3 Å². The number of carbonyl (C=O) groups excluding carboxylic acids is 1. The predicted octanol–water partition coefficient (Wildman–Crippen LogP) is 2.66. The lowest BCUT2D eigenvalue weighted by Crippen LogP contribution is -2.39. The molecule has 0 fully saturated rings. The predicted molar refractivity (Wildman–Crippen MR) is 74.1 cm³/mol. The minimum atomic E-state index is -0.563. The van der Waals surface area contributed by atoms with Crippen LogP contribution in [0.15, 0.2) is 18.2 Å². The van der Waals surface area contributed by atoms with Crippen LogP contribution in [0.4, 0.5) is 5.69 Å². The molecule has 0 saturated carbocycles. The van der Waals surface area contributed by atoms with Gasteiger partial charge in [-0.3, -0.25) is 4.79 Å². The Kier molecular flexibility index (Phi) is 4.99. The van der Waals surface area contributed by atoms with Gasteiger partial charge in [-0.2, -0.15) is 0 Å². The highest BCUT2D eigenvalue weighted by atomic mass is 35.5. The van der Waals surface area contributed by atoms with Gasteiger partial charge >= 0.3 is 0 Å². The summed E-state index contributed by atoms with van der Waals surface area (Å²) in [4.78, 5) is 12.1. The molecule has 1 aromatic carbocycles. The fourth-order valence-corrected chi connectivity index (χ4v) is 1.68. The third-order valence-electron chi connectivity index (χ3n) is 3.19. The fraction of sp³-hybridized carbons (Fsp3) is 0.462. The Morgan fingerprint density at radius 1 is 1.56 bits per heavy atom. The lowest BCUT2D eigenvalue weighted by atomic mass is 9.86. The first-order valence-corrected chi connectivity index (χ1v) is 6.19. The summed E-state index contributed by atoms with van der Waals surface area (Å²) in [6, 6.07) is 5.11. The molecule has 1 aromatic rings. The molecule has 0 heterocycles. The van der Waals surface area contributed by atoms with Crippen LogP contribution in [-0.2, 0) is 4.79 Å². The minimum absolute atomic E-state index is 0.103. The van der Waals surface area contributed by atoms with E-state index < -0.39 is 5.41 Å². The molecular formula is C13H19ClN2O2. The van der Waals surface area contributed by atoms with Crippen molar-refractivity contribution in [2.75, 3.05) is 19.0 Å².